The maximum atomic E-state index is 14.7. The van der Waals surface area contributed by atoms with Crippen molar-refractivity contribution in [3.63, 3.8) is 0 Å². The van der Waals surface area contributed by atoms with E-state index in [-0.39, 0.29) is 5.78 Å². The van der Waals surface area contributed by atoms with Gasteiger partial charge >= 0.3 is 0 Å². The molecule has 0 radical (unpaired) electrons. The second-order valence-electron chi connectivity index (χ2n) is 13.4. The summed E-state index contributed by atoms with van der Waals surface area (Å²) in [7, 11) is 0. The minimum absolute atomic E-state index is 0.0219. The Morgan fingerprint density at radius 3 is 0.625 bits per heavy atom. The van der Waals surface area contributed by atoms with Gasteiger partial charge in [0.2, 0.25) is 0 Å². The molecule has 0 unspecified atom stereocenters. The molecule has 0 aliphatic carbocycles. The van der Waals surface area contributed by atoms with E-state index in [2.05, 4.69) is 165 Å². The lowest BCUT2D eigenvalue weighted by Gasteiger charge is -2.15. The van der Waals surface area contributed by atoms with Gasteiger partial charge in [-0.25, -0.2) is 0 Å². The van der Waals surface area contributed by atoms with E-state index >= 15 is 0 Å². The van der Waals surface area contributed by atoms with Crippen LogP contribution in [-0.4, -0.2) is 5.78 Å². The van der Waals surface area contributed by atoms with Gasteiger partial charge in [0.1, 0.15) is 0 Å². The van der Waals surface area contributed by atoms with E-state index in [1.54, 1.807) is 0 Å². The lowest BCUT2D eigenvalue weighted by atomic mass is 9.88. The van der Waals surface area contributed by atoms with Gasteiger partial charge in [-0.05, 0) is 136 Å². The molecule has 0 N–H and O–H groups in total. The van der Waals surface area contributed by atoms with Crippen LogP contribution in [0.25, 0.3) is 44.5 Å². The molecule has 0 saturated heterocycles. The molecule has 0 heterocycles. The molecule has 0 amide bonds. The largest absolute Gasteiger partial charge is 0.289 e. The molecule has 0 aliphatic rings. The van der Waals surface area contributed by atoms with Crippen molar-refractivity contribution in [2.45, 2.75) is 69.2 Å². The molecule has 6 aromatic rings. The summed E-state index contributed by atoms with van der Waals surface area (Å²) in [5.41, 5.74) is 19.7. The number of carbonyl (C=O) groups excluding carboxylic acids is 1. The molecule has 242 valence electrons. The summed E-state index contributed by atoms with van der Waals surface area (Å²) in [6.45, 7) is 21.0. The van der Waals surface area contributed by atoms with Gasteiger partial charge in [-0.3, -0.25) is 4.79 Å². The Kier molecular flexibility index (Phi) is 10.3. The van der Waals surface area contributed by atoms with Crippen LogP contribution in [0.4, 0.5) is 0 Å². The van der Waals surface area contributed by atoms with Gasteiger partial charge in [-0.1, -0.05) is 131 Å². The van der Waals surface area contributed by atoms with Crippen molar-refractivity contribution < 1.29 is 4.79 Å². The molecule has 0 aromatic heterocycles. The summed E-state index contributed by atoms with van der Waals surface area (Å²) < 4.78 is 0. The molecule has 6 aromatic carbocycles. The lowest BCUT2D eigenvalue weighted by Crippen LogP contribution is -2.04. The molecule has 6 rings (SSSR count). The molecular formula is C47H48O. The standard InChI is InChI=1S/C45H42O.C2H6/c1-27-9-28(2)14-35(13-27)39-21-40(36-15-29(3)10-30(4)16-36)24-43(23-39)45(46)44-25-41(37-17-31(5)11-32(6)18-37)22-42(26-44)38-19-33(7)12-34(8)20-38;1-2/h9-26H,1-8H3;1-2H3. The first-order valence-electron chi connectivity index (χ1n) is 17.1. The number of aryl methyl sites for hydroxylation is 8. The second kappa shape index (κ2) is 14.4. The Hall–Kier alpha value is -5.01. The number of benzene rings is 6. The van der Waals surface area contributed by atoms with Crippen LogP contribution < -0.4 is 0 Å². The highest BCUT2D eigenvalue weighted by Gasteiger charge is 2.17. The van der Waals surface area contributed by atoms with Crippen molar-refractivity contribution in [3.8, 4) is 44.5 Å². The fourth-order valence-corrected chi connectivity index (χ4v) is 6.92. The van der Waals surface area contributed by atoms with E-state index in [1.165, 1.54) is 44.5 Å². The molecule has 48 heavy (non-hydrogen) atoms. The quantitative estimate of drug-likeness (QED) is 0.168. The summed E-state index contributed by atoms with van der Waals surface area (Å²) in [4.78, 5) is 14.7. The highest BCUT2D eigenvalue weighted by molar-refractivity contribution is 6.11. The van der Waals surface area contributed by atoms with Gasteiger partial charge < -0.3 is 0 Å². The molecule has 0 atom stereocenters. The monoisotopic (exact) mass is 628 g/mol. The fraction of sp³-hybridized carbons (Fsp3) is 0.213. The average Bonchev–Trinajstić information content (AvgIpc) is 3.03. The van der Waals surface area contributed by atoms with Crippen LogP contribution in [0.3, 0.4) is 0 Å². The van der Waals surface area contributed by atoms with Crippen molar-refractivity contribution >= 4 is 5.78 Å². The minimum atomic E-state index is 0.0219. The first-order chi connectivity index (χ1) is 22.9. The highest BCUT2D eigenvalue weighted by atomic mass is 16.1. The lowest BCUT2D eigenvalue weighted by molar-refractivity contribution is 0.103. The number of ketones is 1. The molecule has 0 fully saturated rings. The third-order valence-electron chi connectivity index (χ3n) is 8.61. The van der Waals surface area contributed by atoms with E-state index in [4.69, 9.17) is 0 Å². The van der Waals surface area contributed by atoms with E-state index < -0.39 is 0 Å². The average molecular weight is 629 g/mol. The summed E-state index contributed by atoms with van der Waals surface area (Å²) >= 11 is 0. The Morgan fingerprint density at radius 2 is 0.438 bits per heavy atom. The Labute approximate surface area is 288 Å². The van der Waals surface area contributed by atoms with Gasteiger partial charge in [0.15, 0.2) is 5.78 Å². The van der Waals surface area contributed by atoms with Crippen LogP contribution in [0, 0.1) is 55.4 Å². The molecule has 0 saturated carbocycles. The van der Waals surface area contributed by atoms with Crippen molar-refractivity contribution in [1.82, 2.24) is 0 Å². The Bertz CT molecular complexity index is 1770. The van der Waals surface area contributed by atoms with Crippen molar-refractivity contribution in [2.24, 2.45) is 0 Å². The highest BCUT2D eigenvalue weighted by Crippen LogP contribution is 2.34. The van der Waals surface area contributed by atoms with Gasteiger partial charge in [0.05, 0.1) is 0 Å². The van der Waals surface area contributed by atoms with Gasteiger partial charge in [0, 0.05) is 11.1 Å². The first kappa shape index (κ1) is 34.3. The van der Waals surface area contributed by atoms with Crippen molar-refractivity contribution in [1.29, 1.82) is 0 Å². The number of rotatable bonds is 6. The zero-order chi connectivity index (χ0) is 34.7. The van der Waals surface area contributed by atoms with Crippen LogP contribution in [0.1, 0.15) is 74.3 Å². The maximum Gasteiger partial charge on any atom is 0.193 e. The van der Waals surface area contributed by atoms with E-state index in [0.717, 1.165) is 44.5 Å². The van der Waals surface area contributed by atoms with Crippen LogP contribution in [0.2, 0.25) is 0 Å². The van der Waals surface area contributed by atoms with Gasteiger partial charge in [-0.2, -0.15) is 0 Å². The normalized spacial score (nSPS) is 10.8. The predicted molar refractivity (Wildman–Crippen MR) is 207 cm³/mol. The Morgan fingerprint density at radius 1 is 0.271 bits per heavy atom. The maximum absolute atomic E-state index is 14.7. The zero-order valence-electron chi connectivity index (χ0n) is 30.3. The third-order valence-corrected chi connectivity index (χ3v) is 8.61. The molecule has 0 spiro atoms. The van der Waals surface area contributed by atoms with Gasteiger partial charge in [-0.15, -0.1) is 0 Å². The number of hydrogen-bond donors (Lipinski definition) is 0. The van der Waals surface area contributed by atoms with E-state index in [1.807, 2.05) is 13.8 Å². The van der Waals surface area contributed by atoms with E-state index in [0.29, 0.717) is 11.1 Å². The zero-order valence-corrected chi connectivity index (χ0v) is 30.3. The van der Waals surface area contributed by atoms with Crippen LogP contribution in [-0.2, 0) is 0 Å². The summed E-state index contributed by atoms with van der Waals surface area (Å²) in [6, 6.07) is 39.2. The molecule has 0 aliphatic heterocycles. The molecule has 1 nitrogen and oxygen atoms in total. The molecule has 1 heteroatoms. The summed E-state index contributed by atoms with van der Waals surface area (Å²) in [5, 5.41) is 0. The van der Waals surface area contributed by atoms with Gasteiger partial charge in [0.25, 0.3) is 0 Å². The van der Waals surface area contributed by atoms with Crippen LogP contribution in [0.5, 0.6) is 0 Å². The second-order valence-corrected chi connectivity index (χ2v) is 13.4. The molecule has 0 bridgehead atoms. The van der Waals surface area contributed by atoms with Crippen LogP contribution >= 0.6 is 0 Å². The molecular weight excluding hydrogens is 581 g/mol. The van der Waals surface area contributed by atoms with E-state index in [9.17, 15) is 4.79 Å². The topological polar surface area (TPSA) is 17.1 Å². The SMILES string of the molecule is CC.Cc1cc(C)cc(-c2cc(C(=O)c3cc(-c4cc(C)cc(C)c4)cc(-c4cc(C)cc(C)c4)c3)cc(-c3cc(C)cc(C)c3)c2)c1. The predicted octanol–water partition coefficient (Wildman–Crippen LogP) is 13.1. The fourth-order valence-electron chi connectivity index (χ4n) is 6.92. The Balaban J connectivity index is 0.00000221. The first-order valence-corrected chi connectivity index (χ1v) is 17.1. The number of hydrogen-bond acceptors (Lipinski definition) is 1. The van der Waals surface area contributed by atoms with Crippen molar-refractivity contribution in [2.75, 3.05) is 0 Å². The van der Waals surface area contributed by atoms with Crippen LogP contribution in [0.15, 0.2) is 109 Å². The summed E-state index contributed by atoms with van der Waals surface area (Å²) in [5.74, 6) is 0.0219. The van der Waals surface area contributed by atoms with Crippen molar-refractivity contribution in [3.05, 3.63) is 165 Å². The third kappa shape index (κ3) is 7.92. The summed E-state index contributed by atoms with van der Waals surface area (Å²) in [6.07, 6.45) is 0. The minimum Gasteiger partial charge on any atom is -0.289 e. The smallest absolute Gasteiger partial charge is 0.193 e. The number of carbonyl (C=O) groups is 1.